The summed E-state index contributed by atoms with van der Waals surface area (Å²) in [5.74, 6) is 1.49. The molecule has 1 aromatic heterocycles. The Balaban J connectivity index is 1.79. The minimum absolute atomic E-state index is 0.0598. The first-order valence-electron chi connectivity index (χ1n) is 7.72. The fraction of sp³-hybridized carbons (Fsp3) is 0.167. The molecule has 7 heteroatoms. The van der Waals surface area contributed by atoms with Gasteiger partial charge in [-0.3, -0.25) is 10.1 Å². The van der Waals surface area contributed by atoms with Crippen LogP contribution in [0.1, 0.15) is 5.56 Å². The Bertz CT molecular complexity index is 905. The van der Waals surface area contributed by atoms with Crippen molar-refractivity contribution in [1.82, 2.24) is 9.55 Å². The molecule has 1 N–H and O–H groups in total. The second-order valence-electron chi connectivity index (χ2n) is 5.54. The number of hydrogen-bond donors (Lipinski definition) is 1. The molecule has 1 heterocycles. The van der Waals surface area contributed by atoms with Gasteiger partial charge in [0.1, 0.15) is 5.75 Å². The van der Waals surface area contributed by atoms with Crippen molar-refractivity contribution in [2.75, 3.05) is 12.4 Å². The van der Waals surface area contributed by atoms with Crippen LogP contribution < -0.4 is 10.1 Å². The van der Waals surface area contributed by atoms with E-state index in [-0.39, 0.29) is 5.69 Å². The van der Waals surface area contributed by atoms with E-state index < -0.39 is 4.92 Å². The van der Waals surface area contributed by atoms with E-state index in [0.717, 1.165) is 22.6 Å². The zero-order chi connectivity index (χ0) is 17.8. The lowest BCUT2D eigenvalue weighted by atomic mass is 10.1. The van der Waals surface area contributed by atoms with Crippen molar-refractivity contribution in [3.8, 4) is 17.0 Å². The number of aromatic nitrogens is 2. The number of ether oxygens (including phenoxy) is 1. The van der Waals surface area contributed by atoms with Crippen LogP contribution in [0.15, 0.2) is 54.7 Å². The van der Waals surface area contributed by atoms with Gasteiger partial charge >= 0.3 is 0 Å². The Kier molecular flexibility index (Phi) is 4.65. The molecular weight excluding hydrogens is 320 g/mol. The molecule has 0 radical (unpaired) electrons. The van der Waals surface area contributed by atoms with Gasteiger partial charge in [0, 0.05) is 31.3 Å². The molecule has 0 atom stereocenters. The lowest BCUT2D eigenvalue weighted by molar-refractivity contribution is -0.384. The van der Waals surface area contributed by atoms with E-state index in [2.05, 4.69) is 10.3 Å². The van der Waals surface area contributed by atoms with Gasteiger partial charge in [0.2, 0.25) is 5.95 Å². The number of rotatable bonds is 6. The highest BCUT2D eigenvalue weighted by atomic mass is 16.6. The van der Waals surface area contributed by atoms with Crippen LogP contribution in [0.4, 0.5) is 11.6 Å². The minimum atomic E-state index is -0.401. The average Bonchev–Trinajstić information content (AvgIpc) is 3.01. The fourth-order valence-corrected chi connectivity index (χ4v) is 2.58. The Morgan fingerprint density at radius 2 is 2.04 bits per heavy atom. The molecule has 0 saturated carbocycles. The van der Waals surface area contributed by atoms with Crippen molar-refractivity contribution in [3.05, 3.63) is 70.4 Å². The van der Waals surface area contributed by atoms with Crippen LogP contribution in [0.3, 0.4) is 0 Å². The number of nitrogens with one attached hydrogen (secondary N) is 1. The number of anilines is 1. The van der Waals surface area contributed by atoms with Gasteiger partial charge in [-0.25, -0.2) is 4.98 Å². The summed E-state index contributed by atoms with van der Waals surface area (Å²) in [5.41, 5.74) is 2.68. The fourth-order valence-electron chi connectivity index (χ4n) is 2.58. The van der Waals surface area contributed by atoms with Crippen molar-refractivity contribution >= 4 is 11.6 Å². The SMILES string of the molecule is COc1cccc(CNc2ncc(-c3cccc([N+](=O)[O-])c3)n2C)c1. The van der Waals surface area contributed by atoms with E-state index >= 15 is 0 Å². The molecule has 0 aliphatic carbocycles. The summed E-state index contributed by atoms with van der Waals surface area (Å²) in [7, 11) is 3.51. The number of benzene rings is 2. The van der Waals surface area contributed by atoms with Gasteiger partial charge in [-0.05, 0) is 17.7 Å². The van der Waals surface area contributed by atoms with Gasteiger partial charge in [0.15, 0.2) is 0 Å². The maximum Gasteiger partial charge on any atom is 0.270 e. The summed E-state index contributed by atoms with van der Waals surface area (Å²) in [6.45, 7) is 0.594. The smallest absolute Gasteiger partial charge is 0.270 e. The number of non-ortho nitro benzene ring substituents is 1. The Morgan fingerprint density at radius 1 is 1.24 bits per heavy atom. The summed E-state index contributed by atoms with van der Waals surface area (Å²) >= 11 is 0. The maximum absolute atomic E-state index is 10.9. The molecule has 3 rings (SSSR count). The summed E-state index contributed by atoms with van der Waals surface area (Å²) in [6.07, 6.45) is 1.70. The summed E-state index contributed by atoms with van der Waals surface area (Å²) in [6, 6.07) is 14.3. The topological polar surface area (TPSA) is 82.2 Å². The predicted molar refractivity (Wildman–Crippen MR) is 95.6 cm³/mol. The van der Waals surface area contributed by atoms with Gasteiger partial charge in [-0.2, -0.15) is 0 Å². The molecule has 25 heavy (non-hydrogen) atoms. The number of methoxy groups -OCH3 is 1. The van der Waals surface area contributed by atoms with Crippen molar-refractivity contribution in [1.29, 1.82) is 0 Å². The van der Waals surface area contributed by atoms with Crippen molar-refractivity contribution in [3.63, 3.8) is 0 Å². The molecule has 128 valence electrons. The third kappa shape index (κ3) is 3.60. The predicted octanol–water partition coefficient (Wildman–Crippen LogP) is 3.62. The first-order valence-corrected chi connectivity index (χ1v) is 7.72. The molecule has 0 fully saturated rings. The molecule has 0 aliphatic heterocycles. The van der Waals surface area contributed by atoms with Gasteiger partial charge in [0.25, 0.3) is 5.69 Å². The van der Waals surface area contributed by atoms with E-state index in [1.807, 2.05) is 41.9 Å². The van der Waals surface area contributed by atoms with Crippen LogP contribution in [0.25, 0.3) is 11.3 Å². The molecule has 2 aromatic carbocycles. The highest BCUT2D eigenvalue weighted by Gasteiger charge is 2.12. The van der Waals surface area contributed by atoms with E-state index in [0.29, 0.717) is 12.5 Å². The van der Waals surface area contributed by atoms with Crippen LogP contribution in [0.5, 0.6) is 5.75 Å². The zero-order valence-corrected chi connectivity index (χ0v) is 14.0. The van der Waals surface area contributed by atoms with Crippen molar-refractivity contribution in [2.45, 2.75) is 6.54 Å². The highest BCUT2D eigenvalue weighted by Crippen LogP contribution is 2.25. The van der Waals surface area contributed by atoms with E-state index in [1.165, 1.54) is 6.07 Å². The van der Waals surface area contributed by atoms with Gasteiger partial charge < -0.3 is 14.6 Å². The minimum Gasteiger partial charge on any atom is -0.497 e. The molecular formula is C18H18N4O3. The molecule has 0 unspecified atom stereocenters. The van der Waals surface area contributed by atoms with Gasteiger partial charge in [-0.15, -0.1) is 0 Å². The standard InChI is InChI=1S/C18H18N4O3/c1-21-17(14-6-4-7-15(10-14)22(23)24)12-20-18(21)19-11-13-5-3-8-16(9-13)25-2/h3-10,12H,11H2,1-2H3,(H,19,20). The lowest BCUT2D eigenvalue weighted by Crippen LogP contribution is -2.05. The zero-order valence-electron chi connectivity index (χ0n) is 14.0. The second kappa shape index (κ2) is 7.04. The molecule has 7 nitrogen and oxygen atoms in total. The summed E-state index contributed by atoms with van der Waals surface area (Å²) in [4.78, 5) is 14.9. The first kappa shape index (κ1) is 16.5. The Labute approximate surface area is 145 Å². The third-order valence-corrected chi connectivity index (χ3v) is 3.93. The summed E-state index contributed by atoms with van der Waals surface area (Å²) in [5, 5.41) is 14.2. The lowest BCUT2D eigenvalue weighted by Gasteiger charge is -2.09. The molecule has 0 saturated heterocycles. The van der Waals surface area contributed by atoms with E-state index in [1.54, 1.807) is 25.4 Å². The van der Waals surface area contributed by atoms with Gasteiger partial charge in [0.05, 0.1) is 23.9 Å². The van der Waals surface area contributed by atoms with Crippen LogP contribution in [-0.4, -0.2) is 21.6 Å². The third-order valence-electron chi connectivity index (χ3n) is 3.93. The molecule has 0 aliphatic rings. The molecule has 0 amide bonds. The van der Waals surface area contributed by atoms with Crippen molar-refractivity contribution < 1.29 is 9.66 Å². The number of nitro groups is 1. The quantitative estimate of drug-likeness (QED) is 0.548. The first-order chi connectivity index (χ1) is 12.1. The number of nitro benzene ring substituents is 1. The Hall–Kier alpha value is -3.35. The normalized spacial score (nSPS) is 10.5. The van der Waals surface area contributed by atoms with Crippen LogP contribution >= 0.6 is 0 Å². The number of nitrogens with zero attached hydrogens (tertiary/aromatic N) is 3. The van der Waals surface area contributed by atoms with Crippen LogP contribution in [-0.2, 0) is 13.6 Å². The van der Waals surface area contributed by atoms with Crippen LogP contribution in [0, 0.1) is 10.1 Å². The van der Waals surface area contributed by atoms with E-state index in [9.17, 15) is 10.1 Å². The molecule has 0 bridgehead atoms. The average molecular weight is 338 g/mol. The molecule has 0 spiro atoms. The maximum atomic E-state index is 10.9. The number of hydrogen-bond acceptors (Lipinski definition) is 5. The monoisotopic (exact) mass is 338 g/mol. The van der Waals surface area contributed by atoms with Crippen LogP contribution in [0.2, 0.25) is 0 Å². The second-order valence-corrected chi connectivity index (χ2v) is 5.54. The number of imidazole rings is 1. The highest BCUT2D eigenvalue weighted by molar-refractivity contribution is 5.64. The molecule has 3 aromatic rings. The van der Waals surface area contributed by atoms with Gasteiger partial charge in [-0.1, -0.05) is 24.3 Å². The van der Waals surface area contributed by atoms with E-state index in [4.69, 9.17) is 4.74 Å². The summed E-state index contributed by atoms with van der Waals surface area (Å²) < 4.78 is 7.09. The van der Waals surface area contributed by atoms with Crippen molar-refractivity contribution in [2.24, 2.45) is 7.05 Å². The Morgan fingerprint density at radius 3 is 2.80 bits per heavy atom. The largest absolute Gasteiger partial charge is 0.497 e.